The molecule has 0 spiro atoms. The van der Waals surface area contributed by atoms with Crippen LogP contribution in [0.15, 0.2) is 138 Å². The topological polar surface area (TPSA) is 22.4 Å². The van der Waals surface area contributed by atoms with Crippen LogP contribution in [-0.2, 0) is 5.41 Å². The van der Waals surface area contributed by atoms with Gasteiger partial charge in [-0.15, -0.1) is 0 Å². The molecule has 6 aromatic carbocycles. The lowest BCUT2D eigenvalue weighted by molar-refractivity contribution is 0.418. The smallest absolute Gasteiger partial charge is 0.136 e. The zero-order valence-electron chi connectivity index (χ0n) is 23.0. The molecule has 1 aliphatic heterocycles. The van der Waals surface area contributed by atoms with Crippen molar-refractivity contribution in [2.45, 2.75) is 19.3 Å². The van der Waals surface area contributed by atoms with Crippen molar-refractivity contribution in [3.63, 3.8) is 0 Å². The number of fused-ring (bicyclic) bond motifs is 5. The lowest BCUT2D eigenvalue weighted by Crippen LogP contribution is -2.24. The van der Waals surface area contributed by atoms with Crippen molar-refractivity contribution < 1.29 is 9.15 Å². The van der Waals surface area contributed by atoms with E-state index in [1.807, 2.05) is 24.3 Å². The van der Waals surface area contributed by atoms with Crippen LogP contribution in [0.2, 0.25) is 0 Å². The highest BCUT2D eigenvalue weighted by Crippen LogP contribution is 2.48. The first-order chi connectivity index (χ1) is 20.1. The molecule has 0 aliphatic carbocycles. The van der Waals surface area contributed by atoms with Crippen LogP contribution in [0.25, 0.3) is 55.3 Å². The zero-order chi connectivity index (χ0) is 27.6. The summed E-state index contributed by atoms with van der Waals surface area (Å²) in [6.45, 7) is 4.54. The predicted octanol–water partition coefficient (Wildman–Crippen LogP) is 11.0. The predicted molar refractivity (Wildman–Crippen MR) is 169 cm³/mol. The molecule has 1 aromatic heterocycles. The zero-order valence-corrected chi connectivity index (χ0v) is 23.0. The number of para-hydroxylation sites is 2. The minimum atomic E-state index is -0.112. The maximum atomic E-state index is 6.39. The Morgan fingerprint density at radius 1 is 0.463 bits per heavy atom. The van der Waals surface area contributed by atoms with E-state index in [4.69, 9.17) is 9.15 Å². The standard InChI is InChI=1S/C39H28O2/c1-39(2)32-13-4-6-15-35(32)41-37-24-29(21-22-33(37)39)28-10-7-9-27(23-28)25-17-19-26(20-18-25)30-12-8-16-36-38(30)31-11-3-5-14-34(31)40-36/h3-24H,1-2H3. The first kappa shape index (κ1) is 23.8. The molecule has 0 bridgehead atoms. The SMILES string of the molecule is CC1(C)c2ccccc2Oc2cc(-c3cccc(-c4ccc(-c5cccc6oc7ccccc7c56)cc4)c3)ccc21. The van der Waals surface area contributed by atoms with Gasteiger partial charge in [-0.25, -0.2) is 0 Å². The lowest BCUT2D eigenvalue weighted by atomic mass is 9.75. The van der Waals surface area contributed by atoms with E-state index in [0.29, 0.717) is 0 Å². The van der Waals surface area contributed by atoms with Gasteiger partial charge in [-0.2, -0.15) is 0 Å². The van der Waals surface area contributed by atoms with Crippen molar-refractivity contribution in [3.05, 3.63) is 145 Å². The van der Waals surface area contributed by atoms with Crippen molar-refractivity contribution in [1.82, 2.24) is 0 Å². The quantitative estimate of drug-likeness (QED) is 0.228. The summed E-state index contributed by atoms with van der Waals surface area (Å²) in [6.07, 6.45) is 0. The summed E-state index contributed by atoms with van der Waals surface area (Å²) in [5.74, 6) is 1.87. The molecule has 2 heterocycles. The lowest BCUT2D eigenvalue weighted by Gasteiger charge is -2.34. The van der Waals surface area contributed by atoms with Gasteiger partial charge in [0, 0.05) is 27.3 Å². The summed E-state index contributed by atoms with van der Waals surface area (Å²) in [7, 11) is 0. The summed E-state index contributed by atoms with van der Waals surface area (Å²) in [5.41, 5.74) is 11.2. The fraction of sp³-hybridized carbons (Fsp3) is 0.0769. The maximum Gasteiger partial charge on any atom is 0.136 e. The molecule has 8 rings (SSSR count). The van der Waals surface area contributed by atoms with Gasteiger partial charge in [0.2, 0.25) is 0 Å². The summed E-state index contributed by atoms with van der Waals surface area (Å²) in [6, 6.07) is 47.1. The van der Waals surface area contributed by atoms with E-state index in [0.717, 1.165) is 33.6 Å². The molecule has 0 atom stereocenters. The van der Waals surface area contributed by atoms with Gasteiger partial charge in [-0.3, -0.25) is 0 Å². The molecule has 0 amide bonds. The van der Waals surface area contributed by atoms with E-state index in [-0.39, 0.29) is 5.41 Å². The van der Waals surface area contributed by atoms with Crippen LogP contribution in [-0.4, -0.2) is 0 Å². The molecule has 41 heavy (non-hydrogen) atoms. The molecule has 0 saturated carbocycles. The maximum absolute atomic E-state index is 6.39. The second-order valence-corrected chi connectivity index (χ2v) is 11.4. The number of ether oxygens (including phenoxy) is 1. The average molecular weight is 529 g/mol. The van der Waals surface area contributed by atoms with Crippen LogP contribution in [0, 0.1) is 0 Å². The van der Waals surface area contributed by atoms with Crippen molar-refractivity contribution in [2.75, 3.05) is 0 Å². The van der Waals surface area contributed by atoms with Crippen LogP contribution < -0.4 is 4.74 Å². The van der Waals surface area contributed by atoms with Gasteiger partial charge >= 0.3 is 0 Å². The molecular formula is C39H28O2. The molecule has 2 heteroatoms. The van der Waals surface area contributed by atoms with Gasteiger partial charge in [-0.1, -0.05) is 117 Å². The number of furan rings is 1. The Hall–Kier alpha value is -5.08. The largest absolute Gasteiger partial charge is 0.457 e. The van der Waals surface area contributed by atoms with Crippen LogP contribution in [0.3, 0.4) is 0 Å². The Morgan fingerprint density at radius 2 is 1.10 bits per heavy atom. The van der Waals surface area contributed by atoms with Crippen LogP contribution in [0.5, 0.6) is 11.5 Å². The Balaban J connectivity index is 1.14. The second-order valence-electron chi connectivity index (χ2n) is 11.4. The highest BCUT2D eigenvalue weighted by Gasteiger charge is 2.34. The normalized spacial score (nSPS) is 13.5. The van der Waals surface area contributed by atoms with Crippen molar-refractivity contribution in [1.29, 1.82) is 0 Å². The third-order valence-corrected chi connectivity index (χ3v) is 8.56. The van der Waals surface area contributed by atoms with Crippen LogP contribution in [0.4, 0.5) is 0 Å². The van der Waals surface area contributed by atoms with Gasteiger partial charge in [0.15, 0.2) is 0 Å². The summed E-state index contributed by atoms with van der Waals surface area (Å²) < 4.78 is 12.5. The fourth-order valence-corrected chi connectivity index (χ4v) is 6.37. The average Bonchev–Trinajstić information content (AvgIpc) is 3.40. The van der Waals surface area contributed by atoms with E-state index in [1.165, 1.54) is 44.3 Å². The number of hydrogen-bond acceptors (Lipinski definition) is 2. The number of benzene rings is 6. The minimum absolute atomic E-state index is 0.112. The number of hydrogen-bond donors (Lipinski definition) is 0. The Morgan fingerprint density at radius 3 is 1.98 bits per heavy atom. The molecule has 0 fully saturated rings. The highest BCUT2D eigenvalue weighted by molar-refractivity contribution is 6.12. The van der Waals surface area contributed by atoms with Crippen molar-refractivity contribution in [3.8, 4) is 44.9 Å². The molecule has 0 radical (unpaired) electrons. The highest BCUT2D eigenvalue weighted by atomic mass is 16.5. The third-order valence-electron chi connectivity index (χ3n) is 8.56. The van der Waals surface area contributed by atoms with E-state index in [1.54, 1.807) is 0 Å². The Bertz CT molecular complexity index is 2090. The molecule has 7 aromatic rings. The van der Waals surface area contributed by atoms with E-state index < -0.39 is 0 Å². The van der Waals surface area contributed by atoms with Crippen LogP contribution >= 0.6 is 0 Å². The summed E-state index contributed by atoms with van der Waals surface area (Å²) in [4.78, 5) is 0. The van der Waals surface area contributed by atoms with Gasteiger partial charge in [0.1, 0.15) is 22.7 Å². The summed E-state index contributed by atoms with van der Waals surface area (Å²) >= 11 is 0. The first-order valence-electron chi connectivity index (χ1n) is 14.1. The van der Waals surface area contributed by atoms with Crippen LogP contribution in [0.1, 0.15) is 25.0 Å². The molecular weight excluding hydrogens is 500 g/mol. The molecule has 0 saturated heterocycles. The fourth-order valence-electron chi connectivity index (χ4n) is 6.37. The van der Waals surface area contributed by atoms with Crippen molar-refractivity contribution in [2.24, 2.45) is 0 Å². The molecule has 0 unspecified atom stereocenters. The van der Waals surface area contributed by atoms with Gasteiger partial charge in [-0.05, 0) is 63.7 Å². The molecule has 0 N–H and O–H groups in total. The number of rotatable bonds is 3. The molecule has 196 valence electrons. The summed E-state index contributed by atoms with van der Waals surface area (Å²) in [5, 5.41) is 2.31. The Labute approximate surface area is 239 Å². The monoisotopic (exact) mass is 528 g/mol. The minimum Gasteiger partial charge on any atom is -0.457 e. The first-order valence-corrected chi connectivity index (χ1v) is 14.1. The van der Waals surface area contributed by atoms with E-state index in [9.17, 15) is 0 Å². The van der Waals surface area contributed by atoms with Gasteiger partial charge < -0.3 is 9.15 Å². The van der Waals surface area contributed by atoms with Crippen molar-refractivity contribution >= 4 is 21.9 Å². The van der Waals surface area contributed by atoms with Gasteiger partial charge in [0.25, 0.3) is 0 Å². The molecule has 1 aliphatic rings. The van der Waals surface area contributed by atoms with Gasteiger partial charge in [0.05, 0.1) is 0 Å². The van der Waals surface area contributed by atoms with E-state index in [2.05, 4.69) is 123 Å². The van der Waals surface area contributed by atoms with E-state index >= 15 is 0 Å². The third kappa shape index (κ3) is 3.79. The second kappa shape index (κ2) is 8.97. The Kier molecular flexibility index (Phi) is 5.20. The molecule has 2 nitrogen and oxygen atoms in total.